The largest absolute Gasteiger partial charge is 0.393 e. The second-order valence-electron chi connectivity index (χ2n) is 4.70. The maximum Gasteiger partial charge on any atom is 0.188 e. The fourth-order valence-corrected chi connectivity index (χ4v) is 1.90. The molecule has 0 aromatic rings. The van der Waals surface area contributed by atoms with Crippen molar-refractivity contribution in [2.45, 2.75) is 51.7 Å². The zero-order valence-corrected chi connectivity index (χ0v) is 9.74. The summed E-state index contributed by atoms with van der Waals surface area (Å²) < 4.78 is 0. The molecule has 0 aromatic heterocycles. The Morgan fingerprint density at radius 1 is 1.40 bits per heavy atom. The molecule has 1 aliphatic carbocycles. The Morgan fingerprint density at radius 2 is 2.00 bits per heavy atom. The first-order valence-electron chi connectivity index (χ1n) is 5.82. The van der Waals surface area contributed by atoms with Crippen LogP contribution in [0.2, 0.25) is 0 Å². The molecule has 0 aromatic carbocycles. The van der Waals surface area contributed by atoms with Gasteiger partial charge < -0.3 is 16.2 Å². The number of guanidine groups is 1. The zero-order chi connectivity index (χ0) is 11.3. The van der Waals surface area contributed by atoms with Gasteiger partial charge >= 0.3 is 0 Å². The van der Waals surface area contributed by atoms with E-state index in [-0.39, 0.29) is 6.10 Å². The quantitative estimate of drug-likeness (QED) is 0.481. The van der Waals surface area contributed by atoms with Crippen LogP contribution in [0.15, 0.2) is 4.99 Å². The standard InChI is InChI=1S/C11H23N3O/c1-8(2)14-11(12)13-7-9-3-5-10(15)6-4-9/h8-10,15H,3-7H2,1-2H3,(H3,12,13,14). The second kappa shape index (κ2) is 5.95. The molecule has 0 amide bonds. The van der Waals surface area contributed by atoms with Crippen molar-refractivity contribution in [1.82, 2.24) is 5.32 Å². The molecule has 0 spiro atoms. The Hall–Kier alpha value is -0.770. The summed E-state index contributed by atoms with van der Waals surface area (Å²) in [6.45, 7) is 4.87. The zero-order valence-electron chi connectivity index (χ0n) is 9.74. The van der Waals surface area contributed by atoms with Gasteiger partial charge in [-0.3, -0.25) is 4.99 Å². The molecule has 1 fully saturated rings. The Balaban J connectivity index is 2.24. The maximum atomic E-state index is 9.35. The number of nitrogens with two attached hydrogens (primary N) is 1. The fraction of sp³-hybridized carbons (Fsp3) is 0.909. The SMILES string of the molecule is CC(C)NC(N)=NCC1CCC(O)CC1. The van der Waals surface area contributed by atoms with Crippen molar-refractivity contribution in [2.24, 2.45) is 16.6 Å². The van der Waals surface area contributed by atoms with E-state index in [4.69, 9.17) is 5.73 Å². The van der Waals surface area contributed by atoms with Crippen LogP contribution in [0.1, 0.15) is 39.5 Å². The molecule has 1 rings (SSSR count). The summed E-state index contributed by atoms with van der Waals surface area (Å²) in [6.07, 6.45) is 3.88. The van der Waals surface area contributed by atoms with Gasteiger partial charge in [-0.15, -0.1) is 0 Å². The number of rotatable bonds is 3. The van der Waals surface area contributed by atoms with Gasteiger partial charge in [-0.1, -0.05) is 0 Å². The van der Waals surface area contributed by atoms with Gasteiger partial charge in [0.1, 0.15) is 0 Å². The predicted molar refractivity (Wildman–Crippen MR) is 62.7 cm³/mol. The third-order valence-corrected chi connectivity index (χ3v) is 2.77. The molecule has 1 saturated carbocycles. The molecule has 4 N–H and O–H groups in total. The van der Waals surface area contributed by atoms with Gasteiger partial charge in [-0.2, -0.15) is 0 Å². The minimum Gasteiger partial charge on any atom is -0.393 e. The van der Waals surface area contributed by atoms with Crippen LogP contribution in [0.4, 0.5) is 0 Å². The highest BCUT2D eigenvalue weighted by atomic mass is 16.3. The minimum atomic E-state index is -0.0867. The second-order valence-corrected chi connectivity index (χ2v) is 4.70. The predicted octanol–water partition coefficient (Wildman–Crippen LogP) is 0.850. The molecule has 1 aliphatic rings. The molecule has 0 aliphatic heterocycles. The van der Waals surface area contributed by atoms with Crippen LogP contribution >= 0.6 is 0 Å². The number of aliphatic imine (C=N–C) groups is 1. The van der Waals surface area contributed by atoms with Gasteiger partial charge in [0, 0.05) is 12.6 Å². The molecule has 0 unspecified atom stereocenters. The fourth-order valence-electron chi connectivity index (χ4n) is 1.90. The van der Waals surface area contributed by atoms with Crippen molar-refractivity contribution in [3.8, 4) is 0 Å². The molecule has 0 bridgehead atoms. The minimum absolute atomic E-state index is 0.0867. The highest BCUT2D eigenvalue weighted by Gasteiger charge is 2.18. The van der Waals surface area contributed by atoms with Gasteiger partial charge in [0.05, 0.1) is 6.10 Å². The first kappa shape index (κ1) is 12.3. The van der Waals surface area contributed by atoms with Gasteiger partial charge in [0.25, 0.3) is 0 Å². The van der Waals surface area contributed by atoms with Gasteiger partial charge in [0.15, 0.2) is 5.96 Å². The van der Waals surface area contributed by atoms with Gasteiger partial charge in [0.2, 0.25) is 0 Å². The van der Waals surface area contributed by atoms with E-state index in [9.17, 15) is 5.11 Å². The molecule has 4 nitrogen and oxygen atoms in total. The van der Waals surface area contributed by atoms with Crippen molar-refractivity contribution in [1.29, 1.82) is 0 Å². The van der Waals surface area contributed by atoms with E-state index in [1.807, 2.05) is 13.8 Å². The van der Waals surface area contributed by atoms with Crippen LogP contribution in [0.3, 0.4) is 0 Å². The summed E-state index contributed by atoms with van der Waals surface area (Å²) in [5, 5.41) is 12.4. The van der Waals surface area contributed by atoms with Crippen molar-refractivity contribution in [3.63, 3.8) is 0 Å². The molecular formula is C11H23N3O. The number of hydrogen-bond acceptors (Lipinski definition) is 2. The number of aliphatic hydroxyl groups is 1. The first-order chi connectivity index (χ1) is 7.08. The van der Waals surface area contributed by atoms with Crippen molar-refractivity contribution in [3.05, 3.63) is 0 Å². The first-order valence-corrected chi connectivity index (χ1v) is 5.82. The van der Waals surface area contributed by atoms with E-state index in [2.05, 4.69) is 10.3 Å². The summed E-state index contributed by atoms with van der Waals surface area (Å²) in [6, 6.07) is 0.335. The highest BCUT2D eigenvalue weighted by molar-refractivity contribution is 5.78. The molecule has 0 heterocycles. The lowest BCUT2D eigenvalue weighted by Gasteiger charge is -2.24. The number of nitrogens with one attached hydrogen (secondary N) is 1. The van der Waals surface area contributed by atoms with Gasteiger partial charge in [-0.25, -0.2) is 0 Å². The van der Waals surface area contributed by atoms with Crippen LogP contribution in [-0.2, 0) is 0 Å². The normalized spacial score (nSPS) is 28.1. The molecule has 15 heavy (non-hydrogen) atoms. The van der Waals surface area contributed by atoms with E-state index >= 15 is 0 Å². The third kappa shape index (κ3) is 5.02. The molecule has 4 heteroatoms. The summed E-state index contributed by atoms with van der Waals surface area (Å²) in [4.78, 5) is 4.31. The lowest BCUT2D eigenvalue weighted by Crippen LogP contribution is -2.37. The number of aliphatic hydroxyl groups excluding tert-OH is 1. The van der Waals surface area contributed by atoms with E-state index in [0.29, 0.717) is 17.9 Å². The smallest absolute Gasteiger partial charge is 0.188 e. The summed E-state index contributed by atoms with van der Waals surface area (Å²) in [5.74, 6) is 1.14. The Morgan fingerprint density at radius 3 is 2.53 bits per heavy atom. The van der Waals surface area contributed by atoms with Crippen LogP contribution in [0.5, 0.6) is 0 Å². The molecule has 0 radical (unpaired) electrons. The summed E-state index contributed by atoms with van der Waals surface area (Å²) >= 11 is 0. The van der Waals surface area contributed by atoms with Gasteiger partial charge in [-0.05, 0) is 45.4 Å². The molecule has 88 valence electrons. The lowest BCUT2D eigenvalue weighted by molar-refractivity contribution is 0.110. The van der Waals surface area contributed by atoms with Crippen molar-refractivity contribution in [2.75, 3.05) is 6.54 Å². The van der Waals surface area contributed by atoms with Crippen molar-refractivity contribution >= 4 is 5.96 Å². The van der Waals surface area contributed by atoms with E-state index in [1.165, 1.54) is 0 Å². The molecule has 0 saturated heterocycles. The van der Waals surface area contributed by atoms with Crippen LogP contribution in [-0.4, -0.2) is 29.8 Å². The Kier molecular flexibility index (Phi) is 4.88. The lowest BCUT2D eigenvalue weighted by atomic mass is 9.88. The van der Waals surface area contributed by atoms with Crippen LogP contribution in [0.25, 0.3) is 0 Å². The summed E-state index contributed by atoms with van der Waals surface area (Å²) in [5.41, 5.74) is 5.71. The van der Waals surface area contributed by atoms with Crippen LogP contribution in [0, 0.1) is 5.92 Å². The summed E-state index contributed by atoms with van der Waals surface area (Å²) in [7, 11) is 0. The number of hydrogen-bond donors (Lipinski definition) is 3. The maximum absolute atomic E-state index is 9.35. The number of nitrogens with zero attached hydrogens (tertiary/aromatic N) is 1. The monoisotopic (exact) mass is 213 g/mol. The van der Waals surface area contributed by atoms with E-state index in [0.717, 1.165) is 32.2 Å². The van der Waals surface area contributed by atoms with E-state index in [1.54, 1.807) is 0 Å². The highest BCUT2D eigenvalue weighted by Crippen LogP contribution is 2.24. The molecular weight excluding hydrogens is 190 g/mol. The topological polar surface area (TPSA) is 70.6 Å². The average molecular weight is 213 g/mol. The average Bonchev–Trinajstić information content (AvgIpc) is 2.16. The third-order valence-electron chi connectivity index (χ3n) is 2.77. The van der Waals surface area contributed by atoms with Crippen molar-refractivity contribution < 1.29 is 5.11 Å². The Bertz CT molecular complexity index is 208. The Labute approximate surface area is 92.0 Å². The van der Waals surface area contributed by atoms with Crippen LogP contribution < -0.4 is 11.1 Å². The molecule has 0 atom stereocenters. The van der Waals surface area contributed by atoms with E-state index < -0.39 is 0 Å².